The average molecular weight is 561 g/mol. The van der Waals surface area contributed by atoms with Crippen molar-refractivity contribution in [2.45, 2.75) is 87.3 Å². The minimum atomic E-state index is -4.10. The minimum absolute atomic E-state index is 0.0610. The lowest BCUT2D eigenvalue weighted by molar-refractivity contribution is 0.480. The van der Waals surface area contributed by atoms with E-state index in [2.05, 4.69) is 6.92 Å². The minimum Gasteiger partial charge on any atom is -0.379 e. The Bertz CT molecular complexity index is 1260. The largest absolute Gasteiger partial charge is 0.379 e. The summed E-state index contributed by atoms with van der Waals surface area (Å²) in [5.41, 5.74) is 0.726. The zero-order valence-electron chi connectivity index (χ0n) is 22.2. The van der Waals surface area contributed by atoms with E-state index in [4.69, 9.17) is 4.18 Å². The van der Waals surface area contributed by atoms with Crippen molar-refractivity contribution in [3.63, 3.8) is 0 Å². The second-order valence-corrected chi connectivity index (χ2v) is 12.1. The molecule has 208 valence electrons. The monoisotopic (exact) mass is 560 g/mol. The molecule has 6 nitrogen and oxygen atoms in total. The lowest BCUT2D eigenvalue weighted by atomic mass is 10.0. The van der Waals surface area contributed by atoms with Gasteiger partial charge in [-0.05, 0) is 48.7 Å². The molecule has 0 aliphatic heterocycles. The lowest BCUT2D eigenvalue weighted by Crippen LogP contribution is -2.09. The third kappa shape index (κ3) is 12.2. The molecule has 0 aliphatic carbocycles. The molecule has 0 amide bonds. The Balaban J connectivity index is 0.000000279. The van der Waals surface area contributed by atoms with Crippen LogP contribution in [0.25, 0.3) is 0 Å². The van der Waals surface area contributed by atoms with E-state index in [0.717, 1.165) is 18.4 Å². The van der Waals surface area contributed by atoms with Gasteiger partial charge in [0.25, 0.3) is 10.1 Å². The van der Waals surface area contributed by atoms with Gasteiger partial charge in [-0.3, -0.25) is 4.55 Å². The van der Waals surface area contributed by atoms with Gasteiger partial charge in [0.1, 0.15) is 10.6 Å². The molecule has 0 heterocycles. The fraction of sp³-hybridized carbons (Fsp3) is 0.400. The number of aryl methyl sites for hydroxylation is 1. The number of para-hydroxylation sites is 1. The van der Waals surface area contributed by atoms with E-state index in [0.29, 0.717) is 12.2 Å². The maximum absolute atomic E-state index is 11.8. The second kappa shape index (κ2) is 17.0. The third-order valence-electron chi connectivity index (χ3n) is 6.03. The highest BCUT2D eigenvalue weighted by Gasteiger charge is 2.15. The lowest BCUT2D eigenvalue weighted by Gasteiger charge is -2.07. The summed E-state index contributed by atoms with van der Waals surface area (Å²) in [6.45, 7) is 2.24. The van der Waals surface area contributed by atoms with Crippen LogP contribution in [0.15, 0.2) is 94.7 Å². The van der Waals surface area contributed by atoms with Crippen LogP contribution >= 0.6 is 0 Å². The molecular formula is C30H40O6S2. The molecule has 0 fully saturated rings. The molecule has 0 saturated carbocycles. The average Bonchev–Trinajstić information content (AvgIpc) is 2.91. The zero-order chi connectivity index (χ0) is 27.7. The molecule has 3 aromatic rings. The Morgan fingerprint density at radius 3 is 1.63 bits per heavy atom. The Hall–Kier alpha value is -2.68. The van der Waals surface area contributed by atoms with Gasteiger partial charge in [-0.1, -0.05) is 119 Å². The highest BCUT2D eigenvalue weighted by Crippen LogP contribution is 2.19. The molecule has 0 unspecified atom stereocenters. The molecule has 0 aromatic heterocycles. The van der Waals surface area contributed by atoms with Crippen LogP contribution in [0, 0.1) is 0 Å². The van der Waals surface area contributed by atoms with Gasteiger partial charge in [0.2, 0.25) is 0 Å². The van der Waals surface area contributed by atoms with Crippen molar-refractivity contribution in [2.75, 3.05) is 0 Å². The molecule has 3 rings (SSSR count). The summed E-state index contributed by atoms with van der Waals surface area (Å²) >= 11 is 0. The predicted octanol–water partition coefficient (Wildman–Crippen LogP) is 7.85. The summed E-state index contributed by atoms with van der Waals surface area (Å²) in [4.78, 5) is 0.213. The van der Waals surface area contributed by atoms with Crippen molar-refractivity contribution < 1.29 is 25.6 Å². The highest BCUT2D eigenvalue weighted by atomic mass is 32.2. The molecule has 0 spiro atoms. The molecule has 0 atom stereocenters. The molecule has 0 aliphatic rings. The SMILES string of the molecule is CCCCCCCCCCCCc1ccccc1S(=O)(=O)O.O=S(=O)(Oc1ccccc1)c1ccccc1. The van der Waals surface area contributed by atoms with E-state index in [1.165, 1.54) is 69.6 Å². The number of unbranched alkanes of at least 4 members (excludes halogenated alkanes) is 9. The second-order valence-electron chi connectivity index (χ2n) is 9.18. The standard InChI is InChI=1S/C18H30O3S.C12H10O3S/c1-2-3-4-5-6-7-8-9-10-11-14-17-15-12-13-16-18(17)22(19,20)21;13-16(14,12-9-5-2-6-10-12)15-11-7-3-1-4-8-11/h12-13,15-16H,2-11,14H2,1H3,(H,19,20,21);1-10H. The van der Waals surface area contributed by atoms with Crippen molar-refractivity contribution in [3.05, 3.63) is 90.5 Å². The van der Waals surface area contributed by atoms with Gasteiger partial charge in [-0.2, -0.15) is 16.8 Å². The first kappa shape index (κ1) is 31.5. The van der Waals surface area contributed by atoms with Crippen molar-refractivity contribution in [1.29, 1.82) is 0 Å². The molecule has 0 saturated heterocycles. The molecule has 3 aromatic carbocycles. The maximum atomic E-state index is 11.8. The number of hydrogen-bond donors (Lipinski definition) is 1. The fourth-order valence-electron chi connectivity index (χ4n) is 4.00. The van der Waals surface area contributed by atoms with Gasteiger partial charge in [-0.25, -0.2) is 0 Å². The van der Waals surface area contributed by atoms with Crippen LogP contribution in [-0.4, -0.2) is 21.4 Å². The van der Waals surface area contributed by atoms with Crippen LogP contribution in [0.5, 0.6) is 5.75 Å². The first-order valence-electron chi connectivity index (χ1n) is 13.3. The molecule has 8 heteroatoms. The van der Waals surface area contributed by atoms with Gasteiger partial charge in [0, 0.05) is 0 Å². The summed E-state index contributed by atoms with van der Waals surface area (Å²) in [6, 6.07) is 23.2. The summed E-state index contributed by atoms with van der Waals surface area (Å²) in [5, 5.41) is 0. The fourth-order valence-corrected chi connectivity index (χ4v) is 5.71. The van der Waals surface area contributed by atoms with Crippen molar-refractivity contribution in [1.82, 2.24) is 0 Å². The van der Waals surface area contributed by atoms with Gasteiger partial charge in [0.05, 0.1) is 4.90 Å². The van der Waals surface area contributed by atoms with E-state index in [9.17, 15) is 21.4 Å². The Labute approximate surface area is 229 Å². The molecule has 1 N–H and O–H groups in total. The van der Waals surface area contributed by atoms with Crippen LogP contribution in [0.4, 0.5) is 0 Å². The number of benzene rings is 3. The van der Waals surface area contributed by atoms with Crippen molar-refractivity contribution in [3.8, 4) is 5.75 Å². The molecular weight excluding hydrogens is 520 g/mol. The molecule has 0 bridgehead atoms. The number of rotatable bonds is 15. The third-order valence-corrected chi connectivity index (χ3v) is 8.25. The van der Waals surface area contributed by atoms with E-state index in [1.54, 1.807) is 60.7 Å². The van der Waals surface area contributed by atoms with Crippen LogP contribution in [-0.2, 0) is 26.7 Å². The van der Waals surface area contributed by atoms with Crippen LogP contribution < -0.4 is 4.18 Å². The van der Waals surface area contributed by atoms with E-state index in [-0.39, 0.29) is 9.79 Å². The summed E-state index contributed by atoms with van der Waals surface area (Å²) in [6.07, 6.45) is 13.3. The smallest absolute Gasteiger partial charge is 0.339 e. The highest BCUT2D eigenvalue weighted by molar-refractivity contribution is 7.87. The summed E-state index contributed by atoms with van der Waals surface area (Å²) in [7, 11) is -7.81. The topological polar surface area (TPSA) is 97.7 Å². The van der Waals surface area contributed by atoms with Gasteiger partial charge in [-0.15, -0.1) is 0 Å². The number of hydrogen-bond acceptors (Lipinski definition) is 5. The predicted molar refractivity (Wildman–Crippen MR) is 153 cm³/mol. The van der Waals surface area contributed by atoms with Crippen LogP contribution in [0.3, 0.4) is 0 Å². The van der Waals surface area contributed by atoms with Crippen molar-refractivity contribution >= 4 is 20.2 Å². The molecule has 0 radical (unpaired) electrons. The summed E-state index contributed by atoms with van der Waals surface area (Å²) in [5.74, 6) is 0.311. The van der Waals surface area contributed by atoms with E-state index >= 15 is 0 Å². The molecule has 38 heavy (non-hydrogen) atoms. The Morgan fingerprint density at radius 1 is 0.605 bits per heavy atom. The summed E-state index contributed by atoms with van der Waals surface area (Å²) < 4.78 is 60.3. The Morgan fingerprint density at radius 2 is 1.08 bits per heavy atom. The van der Waals surface area contributed by atoms with Crippen molar-refractivity contribution in [2.24, 2.45) is 0 Å². The van der Waals surface area contributed by atoms with E-state index in [1.807, 2.05) is 6.07 Å². The van der Waals surface area contributed by atoms with Crippen LogP contribution in [0.2, 0.25) is 0 Å². The van der Waals surface area contributed by atoms with Gasteiger partial charge >= 0.3 is 10.1 Å². The van der Waals surface area contributed by atoms with Gasteiger partial charge < -0.3 is 4.18 Å². The maximum Gasteiger partial charge on any atom is 0.339 e. The first-order valence-corrected chi connectivity index (χ1v) is 16.2. The van der Waals surface area contributed by atoms with Gasteiger partial charge in [0.15, 0.2) is 0 Å². The zero-order valence-corrected chi connectivity index (χ0v) is 23.8. The van der Waals surface area contributed by atoms with Crippen LogP contribution in [0.1, 0.15) is 76.7 Å². The van der Waals surface area contributed by atoms with E-state index < -0.39 is 20.2 Å². The normalized spacial score (nSPS) is 11.4. The Kier molecular flexibility index (Phi) is 14.1. The quantitative estimate of drug-likeness (QED) is 0.115. The first-order chi connectivity index (χ1) is 18.2.